The highest BCUT2D eigenvalue weighted by molar-refractivity contribution is 6.30. The second-order valence-electron chi connectivity index (χ2n) is 7.32. The lowest BCUT2D eigenvalue weighted by Crippen LogP contribution is -2.38. The molecular formula is C21H31ClN6. The quantitative estimate of drug-likeness (QED) is 0.436. The molecule has 6 nitrogen and oxygen atoms in total. The highest BCUT2D eigenvalue weighted by atomic mass is 35.5. The fourth-order valence-corrected chi connectivity index (χ4v) is 3.69. The van der Waals surface area contributed by atoms with Crippen LogP contribution in [0, 0.1) is 0 Å². The van der Waals surface area contributed by atoms with Gasteiger partial charge in [0.1, 0.15) is 11.6 Å². The molecule has 0 spiro atoms. The Hall–Kier alpha value is -2.08. The molecule has 0 amide bonds. The van der Waals surface area contributed by atoms with Crippen molar-refractivity contribution in [3.63, 3.8) is 0 Å². The third kappa shape index (κ3) is 5.71. The van der Waals surface area contributed by atoms with Crippen molar-refractivity contribution in [2.75, 3.05) is 20.1 Å². The van der Waals surface area contributed by atoms with Gasteiger partial charge in [-0.15, -0.1) is 10.2 Å². The third-order valence-corrected chi connectivity index (χ3v) is 5.29. The van der Waals surface area contributed by atoms with Crippen molar-refractivity contribution in [1.29, 1.82) is 0 Å². The molecule has 0 saturated carbocycles. The van der Waals surface area contributed by atoms with Crippen LogP contribution in [-0.2, 0) is 25.9 Å². The maximum absolute atomic E-state index is 5.98. The van der Waals surface area contributed by atoms with Crippen molar-refractivity contribution in [3.05, 3.63) is 46.5 Å². The van der Waals surface area contributed by atoms with Crippen molar-refractivity contribution < 1.29 is 0 Å². The standard InChI is InChI=1S/C21H31ClN6/c1-3-23-21(27(2)16-17-10-12-18(22)13-11-17)24-14-7-9-20-26-25-19-8-5-4-6-15-28(19)20/h10-13H,3-9,14-16H2,1-2H3,(H,23,24). The van der Waals surface area contributed by atoms with Gasteiger partial charge in [0.15, 0.2) is 5.96 Å². The van der Waals surface area contributed by atoms with Crippen LogP contribution < -0.4 is 5.32 Å². The van der Waals surface area contributed by atoms with Crippen LogP contribution in [0.1, 0.15) is 49.8 Å². The van der Waals surface area contributed by atoms with Crippen molar-refractivity contribution in [2.24, 2.45) is 4.99 Å². The molecule has 0 atom stereocenters. The molecular weight excluding hydrogens is 372 g/mol. The highest BCUT2D eigenvalue weighted by Crippen LogP contribution is 2.15. The van der Waals surface area contributed by atoms with Gasteiger partial charge < -0.3 is 14.8 Å². The number of aryl methyl sites for hydroxylation is 2. The summed E-state index contributed by atoms with van der Waals surface area (Å²) in [4.78, 5) is 6.95. The van der Waals surface area contributed by atoms with Gasteiger partial charge in [-0.3, -0.25) is 4.99 Å². The van der Waals surface area contributed by atoms with Crippen molar-refractivity contribution in [2.45, 2.75) is 58.5 Å². The zero-order valence-electron chi connectivity index (χ0n) is 17.0. The molecule has 7 heteroatoms. The first-order valence-corrected chi connectivity index (χ1v) is 10.7. The fraction of sp³-hybridized carbons (Fsp3) is 0.571. The lowest BCUT2D eigenvalue weighted by molar-refractivity contribution is 0.476. The predicted octanol–water partition coefficient (Wildman–Crippen LogP) is 3.69. The number of hydrogen-bond donors (Lipinski definition) is 1. The van der Waals surface area contributed by atoms with Gasteiger partial charge >= 0.3 is 0 Å². The number of aromatic nitrogens is 3. The van der Waals surface area contributed by atoms with Crippen LogP contribution >= 0.6 is 11.6 Å². The molecule has 1 aromatic heterocycles. The van der Waals surface area contributed by atoms with Gasteiger partial charge in [0.25, 0.3) is 0 Å². The Labute approximate surface area is 173 Å². The SMILES string of the molecule is CCNC(=NCCCc1nnc2n1CCCCC2)N(C)Cc1ccc(Cl)cc1. The summed E-state index contributed by atoms with van der Waals surface area (Å²) in [6.07, 6.45) is 6.72. The highest BCUT2D eigenvalue weighted by Gasteiger charge is 2.14. The monoisotopic (exact) mass is 402 g/mol. The molecule has 1 N–H and O–H groups in total. The first-order valence-electron chi connectivity index (χ1n) is 10.3. The van der Waals surface area contributed by atoms with Crippen LogP contribution in [0.25, 0.3) is 0 Å². The number of nitrogens with one attached hydrogen (secondary N) is 1. The summed E-state index contributed by atoms with van der Waals surface area (Å²) in [5.41, 5.74) is 1.21. The Balaban J connectivity index is 1.54. The van der Waals surface area contributed by atoms with Gasteiger partial charge in [-0.1, -0.05) is 30.2 Å². The number of guanidine groups is 1. The number of fused-ring (bicyclic) bond motifs is 1. The number of aliphatic imine (C=N–C) groups is 1. The Morgan fingerprint density at radius 2 is 2.04 bits per heavy atom. The molecule has 0 aliphatic carbocycles. The molecule has 0 unspecified atom stereocenters. The van der Waals surface area contributed by atoms with Crippen LogP contribution in [0.4, 0.5) is 0 Å². The van der Waals surface area contributed by atoms with Crippen LogP contribution in [0.15, 0.2) is 29.3 Å². The molecule has 0 bridgehead atoms. The number of benzene rings is 1. The molecule has 3 rings (SSSR count). The average molecular weight is 403 g/mol. The summed E-state index contributed by atoms with van der Waals surface area (Å²) in [5, 5.41) is 13.0. The number of nitrogens with zero attached hydrogens (tertiary/aromatic N) is 5. The summed E-state index contributed by atoms with van der Waals surface area (Å²) in [6.45, 7) is 5.57. The maximum atomic E-state index is 5.98. The van der Waals surface area contributed by atoms with E-state index in [9.17, 15) is 0 Å². The largest absolute Gasteiger partial charge is 0.357 e. The molecule has 28 heavy (non-hydrogen) atoms. The first kappa shape index (κ1) is 20.6. The van der Waals surface area contributed by atoms with E-state index in [4.69, 9.17) is 16.6 Å². The minimum atomic E-state index is 0.762. The molecule has 0 radical (unpaired) electrons. The first-order chi connectivity index (χ1) is 13.7. The van der Waals surface area contributed by atoms with Crippen molar-refractivity contribution in [1.82, 2.24) is 25.0 Å². The lowest BCUT2D eigenvalue weighted by Gasteiger charge is -2.22. The zero-order valence-corrected chi connectivity index (χ0v) is 17.8. The molecule has 1 aliphatic rings. The Morgan fingerprint density at radius 3 is 2.82 bits per heavy atom. The van der Waals surface area contributed by atoms with Gasteiger partial charge in [0.2, 0.25) is 0 Å². The zero-order chi connectivity index (χ0) is 19.8. The van der Waals surface area contributed by atoms with Crippen LogP contribution in [0.3, 0.4) is 0 Å². The Bertz CT molecular complexity index is 768. The summed E-state index contributed by atoms with van der Waals surface area (Å²) >= 11 is 5.98. The van der Waals surface area contributed by atoms with E-state index in [2.05, 4.69) is 51.1 Å². The number of rotatable bonds is 7. The van der Waals surface area contributed by atoms with Gasteiger partial charge in [-0.2, -0.15) is 0 Å². The van der Waals surface area contributed by atoms with Crippen LogP contribution in [0.5, 0.6) is 0 Å². The minimum absolute atomic E-state index is 0.762. The van der Waals surface area contributed by atoms with Gasteiger partial charge in [0.05, 0.1) is 0 Å². The molecule has 0 fully saturated rings. The van der Waals surface area contributed by atoms with E-state index in [0.29, 0.717) is 0 Å². The number of halogens is 1. The average Bonchev–Trinajstić information content (AvgIpc) is 2.92. The molecule has 1 aromatic carbocycles. The smallest absolute Gasteiger partial charge is 0.193 e. The van der Waals surface area contributed by atoms with Gasteiger partial charge in [-0.25, -0.2) is 0 Å². The fourth-order valence-electron chi connectivity index (χ4n) is 3.56. The van der Waals surface area contributed by atoms with Crippen molar-refractivity contribution >= 4 is 17.6 Å². The summed E-state index contributed by atoms with van der Waals surface area (Å²) in [7, 11) is 2.06. The molecule has 0 saturated heterocycles. The summed E-state index contributed by atoms with van der Waals surface area (Å²) in [6, 6.07) is 7.96. The van der Waals surface area contributed by atoms with Gasteiger partial charge in [0, 0.05) is 51.1 Å². The van der Waals surface area contributed by atoms with E-state index in [1.54, 1.807) is 0 Å². The van der Waals surface area contributed by atoms with Gasteiger partial charge in [-0.05, 0) is 43.9 Å². The topological polar surface area (TPSA) is 58.3 Å². The lowest BCUT2D eigenvalue weighted by atomic mass is 10.2. The predicted molar refractivity (Wildman–Crippen MR) is 115 cm³/mol. The summed E-state index contributed by atoms with van der Waals surface area (Å²) < 4.78 is 2.33. The number of hydrogen-bond acceptors (Lipinski definition) is 3. The third-order valence-electron chi connectivity index (χ3n) is 5.04. The molecule has 2 aromatic rings. The molecule has 152 valence electrons. The summed E-state index contributed by atoms with van der Waals surface area (Å²) in [5.74, 6) is 3.20. The second kappa shape index (κ2) is 10.5. The minimum Gasteiger partial charge on any atom is -0.357 e. The normalized spacial score (nSPS) is 14.5. The van der Waals surface area contributed by atoms with Crippen LogP contribution in [-0.4, -0.2) is 45.8 Å². The Morgan fingerprint density at radius 1 is 1.21 bits per heavy atom. The van der Waals surface area contributed by atoms with E-state index in [-0.39, 0.29) is 0 Å². The molecule has 2 heterocycles. The van der Waals surface area contributed by atoms with E-state index in [1.165, 1.54) is 24.8 Å². The van der Waals surface area contributed by atoms with E-state index < -0.39 is 0 Å². The van der Waals surface area contributed by atoms with E-state index in [0.717, 1.165) is 68.1 Å². The molecule has 1 aliphatic heterocycles. The second-order valence-corrected chi connectivity index (χ2v) is 7.75. The Kier molecular flexibility index (Phi) is 7.71. The van der Waals surface area contributed by atoms with E-state index in [1.807, 2.05) is 12.1 Å². The maximum Gasteiger partial charge on any atom is 0.193 e. The van der Waals surface area contributed by atoms with Crippen molar-refractivity contribution in [3.8, 4) is 0 Å². The van der Waals surface area contributed by atoms with E-state index >= 15 is 0 Å². The van der Waals surface area contributed by atoms with Crippen LogP contribution in [0.2, 0.25) is 5.02 Å².